The summed E-state index contributed by atoms with van der Waals surface area (Å²) < 4.78 is 0. The number of rotatable bonds is 3. The molecule has 0 saturated heterocycles. The Kier molecular flexibility index (Phi) is 4.29. The Morgan fingerprint density at radius 1 is 1.50 bits per heavy atom. The zero-order valence-corrected chi connectivity index (χ0v) is 6.15. The molecule has 1 N–H and O–H groups in total. The minimum Gasteiger partial charge on any atom is -0.393 e. The van der Waals surface area contributed by atoms with Crippen LogP contribution in [0.2, 0.25) is 0 Å². The summed E-state index contributed by atoms with van der Waals surface area (Å²) >= 11 is 5.43. The zero-order chi connectivity index (χ0) is 6.57. The Balaban J connectivity index is 3.17. The van der Waals surface area contributed by atoms with E-state index in [-0.39, 0.29) is 6.10 Å². The average molecular weight is 137 g/mol. The third kappa shape index (κ3) is 3.28. The van der Waals surface area contributed by atoms with Gasteiger partial charge in [-0.05, 0) is 19.3 Å². The maximum absolute atomic E-state index is 8.89. The lowest BCUT2D eigenvalue weighted by Gasteiger charge is -2.11. The van der Waals surface area contributed by atoms with Crippen molar-refractivity contribution in [2.24, 2.45) is 5.92 Å². The molecule has 0 fully saturated rings. The highest BCUT2D eigenvalue weighted by Crippen LogP contribution is 2.07. The van der Waals surface area contributed by atoms with Crippen molar-refractivity contribution in [2.75, 3.05) is 5.88 Å². The molecule has 0 radical (unpaired) electrons. The summed E-state index contributed by atoms with van der Waals surface area (Å²) in [6.45, 7) is 3.78. The molecule has 0 aromatic carbocycles. The molecule has 50 valence electrons. The molecular formula is C6H13ClO. The summed E-state index contributed by atoms with van der Waals surface area (Å²) in [6.07, 6.45) is 0.688. The minimum absolute atomic E-state index is 0.214. The predicted octanol–water partition coefficient (Wildman–Crippen LogP) is 1.63. The summed E-state index contributed by atoms with van der Waals surface area (Å²) in [5.41, 5.74) is 0. The number of aliphatic hydroxyl groups is 1. The fourth-order valence-electron chi connectivity index (χ4n) is 0.413. The number of hydrogen-bond donors (Lipinski definition) is 1. The van der Waals surface area contributed by atoms with Gasteiger partial charge in [0.05, 0.1) is 6.10 Å². The van der Waals surface area contributed by atoms with Gasteiger partial charge in [0.2, 0.25) is 0 Å². The molecule has 2 heteroatoms. The number of hydrogen-bond acceptors (Lipinski definition) is 1. The van der Waals surface area contributed by atoms with Gasteiger partial charge in [-0.3, -0.25) is 0 Å². The van der Waals surface area contributed by atoms with Crippen LogP contribution in [-0.4, -0.2) is 17.1 Å². The van der Waals surface area contributed by atoms with E-state index in [1.54, 1.807) is 6.92 Å². The van der Waals surface area contributed by atoms with Crippen LogP contribution in [0, 0.1) is 5.92 Å². The Morgan fingerprint density at radius 2 is 2.00 bits per heavy atom. The molecule has 0 aliphatic carbocycles. The monoisotopic (exact) mass is 136 g/mol. The van der Waals surface area contributed by atoms with Gasteiger partial charge in [-0.1, -0.05) is 6.92 Å². The number of aliphatic hydroxyl groups excluding tert-OH is 1. The van der Waals surface area contributed by atoms with E-state index in [0.717, 1.165) is 6.42 Å². The maximum atomic E-state index is 8.89. The number of alkyl halides is 1. The first-order valence-electron chi connectivity index (χ1n) is 2.92. The Hall–Kier alpha value is 0.250. The molecule has 2 atom stereocenters. The second-order valence-electron chi connectivity index (χ2n) is 2.20. The first kappa shape index (κ1) is 8.25. The molecule has 0 aromatic heterocycles. The molecule has 0 spiro atoms. The summed E-state index contributed by atoms with van der Waals surface area (Å²) in [7, 11) is 0. The third-order valence-corrected chi connectivity index (χ3v) is 1.61. The van der Waals surface area contributed by atoms with Gasteiger partial charge in [-0.25, -0.2) is 0 Å². The van der Waals surface area contributed by atoms with Crippen LogP contribution in [0.4, 0.5) is 0 Å². The van der Waals surface area contributed by atoms with Gasteiger partial charge in [0, 0.05) is 5.88 Å². The highest BCUT2D eigenvalue weighted by Gasteiger charge is 2.05. The van der Waals surface area contributed by atoms with Gasteiger partial charge in [-0.2, -0.15) is 0 Å². The second kappa shape index (κ2) is 4.16. The van der Waals surface area contributed by atoms with Crippen molar-refractivity contribution in [3.8, 4) is 0 Å². The van der Waals surface area contributed by atoms with Crippen molar-refractivity contribution in [3.05, 3.63) is 0 Å². The van der Waals surface area contributed by atoms with Gasteiger partial charge in [0.25, 0.3) is 0 Å². The Labute approximate surface area is 55.7 Å². The molecule has 0 aliphatic rings. The molecule has 1 nitrogen and oxygen atoms in total. The molecule has 8 heavy (non-hydrogen) atoms. The Morgan fingerprint density at radius 3 is 2.12 bits per heavy atom. The van der Waals surface area contributed by atoms with E-state index < -0.39 is 0 Å². The molecule has 0 rings (SSSR count). The molecule has 0 aromatic rings. The van der Waals surface area contributed by atoms with Crippen molar-refractivity contribution in [2.45, 2.75) is 26.4 Å². The van der Waals surface area contributed by atoms with E-state index in [4.69, 9.17) is 16.7 Å². The van der Waals surface area contributed by atoms with Crippen molar-refractivity contribution in [3.63, 3.8) is 0 Å². The molecule has 2 unspecified atom stereocenters. The van der Waals surface area contributed by atoms with Crippen molar-refractivity contribution in [1.82, 2.24) is 0 Å². The van der Waals surface area contributed by atoms with Crippen LogP contribution in [-0.2, 0) is 0 Å². The molecule has 0 amide bonds. The van der Waals surface area contributed by atoms with E-state index in [0.29, 0.717) is 11.8 Å². The summed E-state index contributed by atoms with van der Waals surface area (Å²) in [5, 5.41) is 8.89. The largest absolute Gasteiger partial charge is 0.393 e. The van der Waals surface area contributed by atoms with Crippen LogP contribution in [0.1, 0.15) is 20.3 Å². The van der Waals surface area contributed by atoms with E-state index >= 15 is 0 Å². The second-order valence-corrected chi connectivity index (χ2v) is 2.57. The average Bonchev–Trinajstić information content (AvgIpc) is 1.67. The van der Waals surface area contributed by atoms with E-state index in [1.807, 2.05) is 6.92 Å². The van der Waals surface area contributed by atoms with E-state index in [1.165, 1.54) is 0 Å². The lowest BCUT2D eigenvalue weighted by atomic mass is 10.0. The SMILES string of the molecule is CC(O)C(C)CCCl. The Bertz CT molecular complexity index is 54.5. The normalized spacial score (nSPS) is 18.0. The lowest BCUT2D eigenvalue weighted by molar-refractivity contribution is 0.133. The molecule has 0 heterocycles. The van der Waals surface area contributed by atoms with Crippen LogP contribution < -0.4 is 0 Å². The van der Waals surface area contributed by atoms with Crippen molar-refractivity contribution in [1.29, 1.82) is 0 Å². The first-order valence-corrected chi connectivity index (χ1v) is 3.46. The van der Waals surface area contributed by atoms with Gasteiger partial charge < -0.3 is 5.11 Å². The van der Waals surface area contributed by atoms with Gasteiger partial charge in [0.15, 0.2) is 0 Å². The van der Waals surface area contributed by atoms with Crippen molar-refractivity contribution < 1.29 is 5.11 Å². The van der Waals surface area contributed by atoms with Crippen LogP contribution in [0.25, 0.3) is 0 Å². The lowest BCUT2D eigenvalue weighted by Crippen LogP contribution is -2.12. The van der Waals surface area contributed by atoms with Gasteiger partial charge in [-0.15, -0.1) is 11.6 Å². The summed E-state index contributed by atoms with van der Waals surface area (Å²) in [6, 6.07) is 0. The van der Waals surface area contributed by atoms with E-state index in [2.05, 4.69) is 0 Å². The molecule has 0 saturated carbocycles. The smallest absolute Gasteiger partial charge is 0.0538 e. The molecule has 0 bridgehead atoms. The van der Waals surface area contributed by atoms with Gasteiger partial charge >= 0.3 is 0 Å². The van der Waals surface area contributed by atoms with Crippen molar-refractivity contribution >= 4 is 11.6 Å². The summed E-state index contributed by atoms with van der Waals surface area (Å²) in [5.74, 6) is 0.985. The molecular weight excluding hydrogens is 124 g/mol. The predicted molar refractivity (Wildman–Crippen MR) is 36.2 cm³/mol. The van der Waals surface area contributed by atoms with Crippen LogP contribution >= 0.6 is 11.6 Å². The first-order chi connectivity index (χ1) is 3.68. The van der Waals surface area contributed by atoms with Gasteiger partial charge in [0.1, 0.15) is 0 Å². The fourth-order valence-corrected chi connectivity index (χ4v) is 0.758. The topological polar surface area (TPSA) is 20.2 Å². The third-order valence-electron chi connectivity index (χ3n) is 1.39. The molecule has 0 aliphatic heterocycles. The maximum Gasteiger partial charge on any atom is 0.0538 e. The quantitative estimate of drug-likeness (QED) is 0.585. The van der Waals surface area contributed by atoms with Crippen LogP contribution in [0.5, 0.6) is 0 Å². The summed E-state index contributed by atoms with van der Waals surface area (Å²) in [4.78, 5) is 0. The highest BCUT2D eigenvalue weighted by atomic mass is 35.5. The van der Waals surface area contributed by atoms with E-state index in [9.17, 15) is 0 Å². The van der Waals surface area contributed by atoms with Crippen LogP contribution in [0.15, 0.2) is 0 Å². The zero-order valence-electron chi connectivity index (χ0n) is 5.39. The fraction of sp³-hybridized carbons (Fsp3) is 1.00. The minimum atomic E-state index is -0.214. The standard InChI is InChI=1S/C6H13ClO/c1-5(3-4-7)6(2)8/h5-6,8H,3-4H2,1-2H3. The highest BCUT2D eigenvalue weighted by molar-refractivity contribution is 6.17. The number of halogens is 1. The van der Waals surface area contributed by atoms with Crippen LogP contribution in [0.3, 0.4) is 0 Å².